The van der Waals surface area contributed by atoms with E-state index in [0.717, 1.165) is 31.7 Å². The summed E-state index contributed by atoms with van der Waals surface area (Å²) < 4.78 is 0. The van der Waals surface area contributed by atoms with E-state index in [0.29, 0.717) is 5.15 Å². The van der Waals surface area contributed by atoms with E-state index in [9.17, 15) is 0 Å². The predicted octanol–water partition coefficient (Wildman–Crippen LogP) is 2.72. The Morgan fingerprint density at radius 3 is 2.71 bits per heavy atom. The van der Waals surface area contributed by atoms with Crippen molar-refractivity contribution in [2.75, 3.05) is 19.7 Å². The first-order chi connectivity index (χ1) is 8.26. The number of rotatable bonds is 8. The van der Waals surface area contributed by atoms with Crippen LogP contribution in [-0.2, 0) is 6.54 Å². The van der Waals surface area contributed by atoms with Crippen molar-refractivity contribution in [3.05, 3.63) is 29.0 Å². The van der Waals surface area contributed by atoms with E-state index in [1.54, 1.807) is 6.07 Å². The third-order valence-electron chi connectivity index (χ3n) is 2.62. The van der Waals surface area contributed by atoms with Gasteiger partial charge in [0.15, 0.2) is 0 Å². The lowest BCUT2D eigenvalue weighted by molar-refractivity contribution is 0.214. The van der Waals surface area contributed by atoms with Crippen LogP contribution in [0.1, 0.15) is 31.9 Å². The molecule has 0 saturated carbocycles. The van der Waals surface area contributed by atoms with Gasteiger partial charge in [0.25, 0.3) is 0 Å². The molecule has 4 heteroatoms. The van der Waals surface area contributed by atoms with Gasteiger partial charge in [0, 0.05) is 19.7 Å². The van der Waals surface area contributed by atoms with E-state index in [-0.39, 0.29) is 6.61 Å². The summed E-state index contributed by atoms with van der Waals surface area (Å²) in [5.41, 5.74) is 0.992. The molecule has 96 valence electrons. The summed E-state index contributed by atoms with van der Waals surface area (Å²) in [7, 11) is 0. The predicted molar refractivity (Wildman–Crippen MR) is 71.1 cm³/mol. The molecule has 3 nitrogen and oxygen atoms in total. The second-order valence-electron chi connectivity index (χ2n) is 4.16. The van der Waals surface area contributed by atoms with Gasteiger partial charge in [-0.15, -0.1) is 0 Å². The topological polar surface area (TPSA) is 36.4 Å². The van der Waals surface area contributed by atoms with Gasteiger partial charge in [-0.2, -0.15) is 0 Å². The molecule has 1 heterocycles. The zero-order chi connectivity index (χ0) is 12.5. The van der Waals surface area contributed by atoms with Crippen molar-refractivity contribution in [3.8, 4) is 0 Å². The molecule has 1 aromatic rings. The molecule has 0 aliphatic heterocycles. The lowest BCUT2D eigenvalue weighted by atomic mass is 10.2. The number of hydrogen-bond acceptors (Lipinski definition) is 3. The normalized spacial score (nSPS) is 11.1. The smallest absolute Gasteiger partial charge is 0.129 e. The Morgan fingerprint density at radius 1 is 1.29 bits per heavy atom. The Labute approximate surface area is 108 Å². The van der Waals surface area contributed by atoms with Crippen molar-refractivity contribution >= 4 is 11.6 Å². The molecule has 1 aromatic heterocycles. The van der Waals surface area contributed by atoms with E-state index in [1.807, 2.05) is 12.1 Å². The van der Waals surface area contributed by atoms with Crippen LogP contribution in [0.4, 0.5) is 0 Å². The molecule has 0 fully saturated rings. The van der Waals surface area contributed by atoms with Crippen LogP contribution in [0.5, 0.6) is 0 Å². The minimum absolute atomic E-state index is 0.242. The molecular formula is C13H21ClN2O. The lowest BCUT2D eigenvalue weighted by Crippen LogP contribution is -2.26. The average Bonchev–Trinajstić information content (AvgIpc) is 2.32. The third-order valence-corrected chi connectivity index (χ3v) is 2.83. The fraction of sp³-hybridized carbons (Fsp3) is 0.615. The molecule has 0 aromatic carbocycles. The van der Waals surface area contributed by atoms with Crippen molar-refractivity contribution in [3.63, 3.8) is 0 Å². The van der Waals surface area contributed by atoms with Gasteiger partial charge in [-0.3, -0.25) is 4.90 Å². The molecule has 0 amide bonds. The molecule has 1 rings (SSSR count). The number of aromatic nitrogens is 1. The van der Waals surface area contributed by atoms with E-state index in [2.05, 4.69) is 16.8 Å². The first kappa shape index (κ1) is 14.4. The van der Waals surface area contributed by atoms with Crippen LogP contribution >= 0.6 is 11.6 Å². The maximum Gasteiger partial charge on any atom is 0.129 e. The summed E-state index contributed by atoms with van der Waals surface area (Å²) in [6.07, 6.45) is 3.16. The molecule has 1 N–H and O–H groups in total. The Bertz CT molecular complexity index is 312. The molecule has 0 aliphatic carbocycles. The standard InChI is InChI=1S/C13H21ClN2O/c1-2-3-8-16(9-5-10-17)11-12-6-4-7-13(14)15-12/h4,6-7,17H,2-3,5,8-11H2,1H3. The minimum Gasteiger partial charge on any atom is -0.396 e. The lowest BCUT2D eigenvalue weighted by Gasteiger charge is -2.21. The summed E-state index contributed by atoms with van der Waals surface area (Å²) in [6.45, 7) is 5.18. The van der Waals surface area contributed by atoms with Crippen molar-refractivity contribution in [2.45, 2.75) is 32.7 Å². The zero-order valence-electron chi connectivity index (χ0n) is 10.4. The third kappa shape index (κ3) is 6.01. The summed E-state index contributed by atoms with van der Waals surface area (Å²) in [5.74, 6) is 0. The minimum atomic E-state index is 0.242. The van der Waals surface area contributed by atoms with Gasteiger partial charge in [-0.1, -0.05) is 31.0 Å². The highest BCUT2D eigenvalue weighted by molar-refractivity contribution is 6.29. The van der Waals surface area contributed by atoms with Gasteiger partial charge >= 0.3 is 0 Å². The molecule has 0 radical (unpaired) electrons. The van der Waals surface area contributed by atoms with E-state index >= 15 is 0 Å². The van der Waals surface area contributed by atoms with Gasteiger partial charge in [-0.05, 0) is 31.5 Å². The SMILES string of the molecule is CCCCN(CCCO)Cc1cccc(Cl)n1. The Kier molecular flexibility index (Phi) is 7.17. The number of aliphatic hydroxyl groups is 1. The highest BCUT2D eigenvalue weighted by Gasteiger charge is 2.06. The van der Waals surface area contributed by atoms with E-state index in [4.69, 9.17) is 16.7 Å². The van der Waals surface area contributed by atoms with Gasteiger partial charge in [0.2, 0.25) is 0 Å². The molecule has 0 bridgehead atoms. The number of halogens is 1. The molecule has 0 saturated heterocycles. The summed E-state index contributed by atoms with van der Waals surface area (Å²) >= 11 is 5.87. The van der Waals surface area contributed by atoms with Crippen LogP contribution in [0.25, 0.3) is 0 Å². The molecule has 0 aliphatic rings. The fourth-order valence-corrected chi connectivity index (χ4v) is 1.89. The molecular weight excluding hydrogens is 236 g/mol. The fourth-order valence-electron chi connectivity index (χ4n) is 1.71. The van der Waals surface area contributed by atoms with Crippen LogP contribution in [-0.4, -0.2) is 34.7 Å². The Balaban J connectivity index is 2.51. The van der Waals surface area contributed by atoms with Gasteiger partial charge in [0.1, 0.15) is 5.15 Å². The first-order valence-corrected chi connectivity index (χ1v) is 6.58. The quantitative estimate of drug-likeness (QED) is 0.727. The van der Waals surface area contributed by atoms with Crippen molar-refractivity contribution in [1.82, 2.24) is 9.88 Å². The molecule has 0 spiro atoms. The van der Waals surface area contributed by atoms with Crippen molar-refractivity contribution < 1.29 is 5.11 Å². The van der Waals surface area contributed by atoms with Crippen LogP contribution in [0.2, 0.25) is 5.15 Å². The monoisotopic (exact) mass is 256 g/mol. The van der Waals surface area contributed by atoms with Crippen LogP contribution < -0.4 is 0 Å². The maximum absolute atomic E-state index is 8.89. The second kappa shape index (κ2) is 8.45. The largest absolute Gasteiger partial charge is 0.396 e. The number of aliphatic hydroxyl groups excluding tert-OH is 1. The van der Waals surface area contributed by atoms with Crippen LogP contribution in [0.3, 0.4) is 0 Å². The number of hydrogen-bond donors (Lipinski definition) is 1. The van der Waals surface area contributed by atoms with Crippen molar-refractivity contribution in [2.24, 2.45) is 0 Å². The molecule has 0 unspecified atom stereocenters. The average molecular weight is 257 g/mol. The second-order valence-corrected chi connectivity index (χ2v) is 4.55. The summed E-state index contributed by atoms with van der Waals surface area (Å²) in [6, 6.07) is 5.70. The highest BCUT2D eigenvalue weighted by Crippen LogP contribution is 2.09. The van der Waals surface area contributed by atoms with Gasteiger partial charge in [0.05, 0.1) is 5.69 Å². The van der Waals surface area contributed by atoms with Crippen molar-refractivity contribution in [1.29, 1.82) is 0 Å². The van der Waals surface area contributed by atoms with Gasteiger partial charge < -0.3 is 5.11 Å². The Hall–Kier alpha value is -0.640. The summed E-state index contributed by atoms with van der Waals surface area (Å²) in [4.78, 5) is 6.61. The highest BCUT2D eigenvalue weighted by atomic mass is 35.5. The Morgan fingerprint density at radius 2 is 2.06 bits per heavy atom. The number of pyridine rings is 1. The number of unbranched alkanes of at least 4 members (excludes halogenated alkanes) is 1. The van der Waals surface area contributed by atoms with Gasteiger partial charge in [-0.25, -0.2) is 4.98 Å². The first-order valence-electron chi connectivity index (χ1n) is 6.21. The maximum atomic E-state index is 8.89. The molecule has 17 heavy (non-hydrogen) atoms. The zero-order valence-corrected chi connectivity index (χ0v) is 11.2. The van der Waals surface area contributed by atoms with E-state index in [1.165, 1.54) is 12.8 Å². The number of nitrogens with zero attached hydrogens (tertiary/aromatic N) is 2. The summed E-state index contributed by atoms with van der Waals surface area (Å²) in [5, 5.41) is 9.43. The molecule has 0 atom stereocenters. The van der Waals surface area contributed by atoms with Crippen LogP contribution in [0, 0.1) is 0 Å². The van der Waals surface area contributed by atoms with E-state index < -0.39 is 0 Å². The van der Waals surface area contributed by atoms with Crippen LogP contribution in [0.15, 0.2) is 18.2 Å².